The molecule has 5 nitrogen and oxygen atoms in total. The van der Waals surface area contributed by atoms with Crippen molar-refractivity contribution in [1.82, 2.24) is 0 Å². The van der Waals surface area contributed by atoms with Gasteiger partial charge in [0.25, 0.3) is 5.91 Å². The average Bonchev–Trinajstić information content (AvgIpc) is 3.36. The van der Waals surface area contributed by atoms with E-state index < -0.39 is 5.91 Å². The first-order chi connectivity index (χ1) is 13.5. The van der Waals surface area contributed by atoms with Gasteiger partial charge in [-0.1, -0.05) is 11.6 Å². The molecule has 2 aromatic heterocycles. The second-order valence-electron chi connectivity index (χ2n) is 6.46. The quantitative estimate of drug-likeness (QED) is 0.584. The van der Waals surface area contributed by atoms with E-state index in [-0.39, 0.29) is 5.91 Å². The summed E-state index contributed by atoms with van der Waals surface area (Å²) in [5.41, 5.74) is 7.84. The molecule has 0 spiro atoms. The van der Waals surface area contributed by atoms with Crippen LogP contribution in [-0.2, 0) is 17.6 Å². The van der Waals surface area contributed by atoms with Gasteiger partial charge in [0.2, 0.25) is 5.91 Å². The minimum absolute atomic E-state index is 0.341. The zero-order chi connectivity index (χ0) is 19.7. The third-order valence-corrected chi connectivity index (χ3v) is 6.02. The van der Waals surface area contributed by atoms with Gasteiger partial charge in [0.15, 0.2) is 0 Å². The van der Waals surface area contributed by atoms with E-state index in [0.717, 1.165) is 35.3 Å². The number of aryl methyl sites for hydroxylation is 1. The summed E-state index contributed by atoms with van der Waals surface area (Å²) in [6.45, 7) is 0. The molecule has 142 valence electrons. The number of fused-ring (bicyclic) bond motifs is 1. The molecule has 2 heterocycles. The van der Waals surface area contributed by atoms with Crippen LogP contribution in [0.2, 0.25) is 5.02 Å². The topological polar surface area (TPSA) is 85.3 Å². The van der Waals surface area contributed by atoms with Gasteiger partial charge in [0.1, 0.15) is 16.5 Å². The SMILES string of the molecule is NC(=O)c1c(NC(=O)C=Cc2ccc(-c3ccc(Cl)cc3)o2)sc2c1CCC2. The van der Waals surface area contributed by atoms with E-state index in [9.17, 15) is 9.59 Å². The molecule has 0 unspecified atom stereocenters. The molecule has 0 aliphatic heterocycles. The monoisotopic (exact) mass is 412 g/mol. The number of nitrogens with two attached hydrogens (primary N) is 1. The van der Waals surface area contributed by atoms with E-state index in [2.05, 4.69) is 5.32 Å². The molecule has 0 fully saturated rings. The van der Waals surface area contributed by atoms with Gasteiger partial charge in [0.05, 0.1) is 5.56 Å². The minimum Gasteiger partial charge on any atom is -0.457 e. The number of carbonyl (C=O) groups excluding carboxylic acids is 2. The van der Waals surface area contributed by atoms with Gasteiger partial charge in [-0.25, -0.2) is 0 Å². The lowest BCUT2D eigenvalue weighted by Gasteiger charge is -2.03. The zero-order valence-corrected chi connectivity index (χ0v) is 16.4. The fourth-order valence-corrected chi connectivity index (χ4v) is 4.70. The Morgan fingerprint density at radius 3 is 2.68 bits per heavy atom. The fraction of sp³-hybridized carbons (Fsp3) is 0.143. The first kappa shape index (κ1) is 18.5. The molecule has 3 N–H and O–H groups in total. The number of nitrogens with one attached hydrogen (secondary N) is 1. The predicted molar refractivity (Wildman–Crippen MR) is 112 cm³/mol. The maximum absolute atomic E-state index is 12.3. The van der Waals surface area contributed by atoms with Crippen LogP contribution in [0.15, 0.2) is 46.9 Å². The summed E-state index contributed by atoms with van der Waals surface area (Å²) >= 11 is 7.32. The third-order valence-electron chi connectivity index (χ3n) is 4.56. The lowest BCUT2D eigenvalue weighted by Crippen LogP contribution is -2.16. The van der Waals surface area contributed by atoms with Crippen LogP contribution in [-0.4, -0.2) is 11.8 Å². The summed E-state index contributed by atoms with van der Waals surface area (Å²) in [5.74, 6) is 0.385. The molecule has 1 aliphatic carbocycles. The van der Waals surface area contributed by atoms with Crippen LogP contribution in [0.25, 0.3) is 17.4 Å². The molecule has 1 aromatic carbocycles. The number of benzene rings is 1. The maximum atomic E-state index is 12.3. The second kappa shape index (κ2) is 7.66. The van der Waals surface area contributed by atoms with Crippen LogP contribution >= 0.6 is 22.9 Å². The van der Waals surface area contributed by atoms with E-state index in [1.807, 2.05) is 18.2 Å². The van der Waals surface area contributed by atoms with Gasteiger partial charge in [-0.3, -0.25) is 9.59 Å². The Morgan fingerprint density at radius 1 is 1.14 bits per heavy atom. The van der Waals surface area contributed by atoms with Gasteiger partial charge in [-0.2, -0.15) is 0 Å². The molecule has 4 rings (SSSR count). The molecule has 7 heteroatoms. The summed E-state index contributed by atoms with van der Waals surface area (Å²) in [6, 6.07) is 10.9. The highest BCUT2D eigenvalue weighted by Gasteiger charge is 2.25. The Morgan fingerprint density at radius 2 is 1.93 bits per heavy atom. The molecule has 0 saturated heterocycles. The number of anilines is 1. The van der Waals surface area contributed by atoms with E-state index in [1.54, 1.807) is 24.3 Å². The molecule has 28 heavy (non-hydrogen) atoms. The van der Waals surface area contributed by atoms with E-state index in [0.29, 0.717) is 27.1 Å². The first-order valence-corrected chi connectivity index (χ1v) is 10.00. The molecule has 0 atom stereocenters. The third kappa shape index (κ3) is 3.74. The van der Waals surface area contributed by atoms with Gasteiger partial charge in [-0.05, 0) is 67.3 Å². The van der Waals surface area contributed by atoms with Crippen LogP contribution in [0.5, 0.6) is 0 Å². The molecule has 0 bridgehead atoms. The molecule has 0 saturated carbocycles. The summed E-state index contributed by atoms with van der Waals surface area (Å²) in [7, 11) is 0. The Hall–Kier alpha value is -2.83. The normalized spacial score (nSPS) is 13.0. The van der Waals surface area contributed by atoms with Crippen molar-refractivity contribution >= 4 is 45.8 Å². The van der Waals surface area contributed by atoms with E-state index >= 15 is 0 Å². The van der Waals surface area contributed by atoms with Crippen LogP contribution in [0.1, 0.15) is 33.0 Å². The van der Waals surface area contributed by atoms with Crippen molar-refractivity contribution < 1.29 is 14.0 Å². The Bertz CT molecular complexity index is 1080. The molecular formula is C21H17ClN2O3S. The Labute approximate surface area is 170 Å². The highest BCUT2D eigenvalue weighted by Crippen LogP contribution is 2.38. The van der Waals surface area contributed by atoms with Crippen molar-refractivity contribution in [2.75, 3.05) is 5.32 Å². The zero-order valence-electron chi connectivity index (χ0n) is 14.8. The number of thiophene rings is 1. The van der Waals surface area contributed by atoms with Crippen LogP contribution < -0.4 is 11.1 Å². The van der Waals surface area contributed by atoms with Crippen LogP contribution in [0, 0.1) is 0 Å². The Balaban J connectivity index is 1.47. The summed E-state index contributed by atoms with van der Waals surface area (Å²) < 4.78 is 5.74. The first-order valence-electron chi connectivity index (χ1n) is 8.80. The largest absolute Gasteiger partial charge is 0.457 e. The summed E-state index contributed by atoms with van der Waals surface area (Å²) in [5, 5.41) is 3.95. The average molecular weight is 413 g/mol. The predicted octanol–water partition coefficient (Wildman–Crippen LogP) is 4.90. The Kier molecular flexibility index (Phi) is 5.07. The van der Waals surface area contributed by atoms with Crippen LogP contribution in [0.3, 0.4) is 0 Å². The van der Waals surface area contributed by atoms with Gasteiger partial charge < -0.3 is 15.5 Å². The van der Waals surface area contributed by atoms with Crippen molar-refractivity contribution in [1.29, 1.82) is 0 Å². The minimum atomic E-state index is -0.502. The van der Waals surface area contributed by atoms with Crippen molar-refractivity contribution in [2.24, 2.45) is 5.73 Å². The van der Waals surface area contributed by atoms with Crippen LogP contribution in [0.4, 0.5) is 5.00 Å². The summed E-state index contributed by atoms with van der Waals surface area (Å²) in [4.78, 5) is 25.2. The number of primary amides is 1. The van der Waals surface area contributed by atoms with E-state index in [4.69, 9.17) is 21.8 Å². The van der Waals surface area contributed by atoms with Crippen molar-refractivity contribution in [2.45, 2.75) is 19.3 Å². The molecule has 3 aromatic rings. The number of carbonyl (C=O) groups is 2. The maximum Gasteiger partial charge on any atom is 0.251 e. The number of hydrogen-bond donors (Lipinski definition) is 2. The lowest BCUT2D eigenvalue weighted by atomic mass is 10.1. The fourth-order valence-electron chi connectivity index (χ4n) is 3.28. The highest BCUT2D eigenvalue weighted by molar-refractivity contribution is 7.17. The molecule has 0 radical (unpaired) electrons. The number of furan rings is 1. The lowest BCUT2D eigenvalue weighted by molar-refractivity contribution is -0.111. The molecular weight excluding hydrogens is 396 g/mol. The number of rotatable bonds is 5. The van der Waals surface area contributed by atoms with Gasteiger partial charge >= 0.3 is 0 Å². The molecule has 2 amide bonds. The van der Waals surface area contributed by atoms with Gasteiger partial charge in [-0.15, -0.1) is 11.3 Å². The number of hydrogen-bond acceptors (Lipinski definition) is 4. The van der Waals surface area contributed by atoms with Crippen molar-refractivity contribution in [3.05, 3.63) is 69.3 Å². The van der Waals surface area contributed by atoms with Gasteiger partial charge in [0, 0.05) is 21.5 Å². The van der Waals surface area contributed by atoms with Crippen molar-refractivity contribution in [3.8, 4) is 11.3 Å². The standard InChI is InChI=1S/C21H17ClN2O3S/c22-13-6-4-12(5-7-13)16-10-8-14(27-16)9-11-18(25)24-21-19(20(23)26)15-2-1-3-17(15)28-21/h4-11H,1-3H2,(H2,23,26)(H,24,25). The number of halogens is 1. The second-order valence-corrected chi connectivity index (χ2v) is 8.00. The van der Waals surface area contributed by atoms with E-state index in [1.165, 1.54) is 17.4 Å². The smallest absolute Gasteiger partial charge is 0.251 e. The molecule has 1 aliphatic rings. The summed E-state index contributed by atoms with van der Waals surface area (Å²) in [6.07, 6.45) is 5.73. The number of amides is 2. The highest BCUT2D eigenvalue weighted by atomic mass is 35.5. The van der Waals surface area contributed by atoms with Crippen molar-refractivity contribution in [3.63, 3.8) is 0 Å².